The van der Waals surface area contributed by atoms with Crippen LogP contribution in [-0.2, 0) is 11.2 Å². The zero-order valence-electron chi connectivity index (χ0n) is 18.9. The van der Waals surface area contributed by atoms with E-state index in [1.807, 2.05) is 37.4 Å². The minimum Gasteiger partial charge on any atom is -0.370 e. The van der Waals surface area contributed by atoms with Crippen molar-refractivity contribution in [3.63, 3.8) is 0 Å². The summed E-state index contributed by atoms with van der Waals surface area (Å²) in [5.74, 6) is -0.619. The lowest BCUT2D eigenvalue weighted by molar-refractivity contribution is -0.116. The van der Waals surface area contributed by atoms with Gasteiger partial charge in [-0.1, -0.05) is 0 Å². The summed E-state index contributed by atoms with van der Waals surface area (Å²) >= 11 is 0. The fraction of sp³-hybridized carbons (Fsp3) is 0.417. The molecule has 2 amide bonds. The summed E-state index contributed by atoms with van der Waals surface area (Å²) in [7, 11) is 0. The lowest BCUT2D eigenvalue weighted by Gasteiger charge is -2.30. The van der Waals surface area contributed by atoms with E-state index in [9.17, 15) is 9.59 Å². The van der Waals surface area contributed by atoms with Crippen molar-refractivity contribution < 1.29 is 9.59 Å². The lowest BCUT2D eigenvalue weighted by Crippen LogP contribution is -2.30. The van der Waals surface area contributed by atoms with Crippen LogP contribution in [0.1, 0.15) is 58.7 Å². The molecule has 3 N–H and O–H groups in total. The van der Waals surface area contributed by atoms with E-state index in [1.165, 1.54) is 6.42 Å². The van der Waals surface area contributed by atoms with Crippen LogP contribution in [0.2, 0.25) is 0 Å². The fourth-order valence-corrected chi connectivity index (χ4v) is 4.45. The fourth-order valence-electron chi connectivity index (χ4n) is 4.45. The first-order chi connectivity index (χ1) is 15.3. The number of fused-ring (bicyclic) bond motifs is 1. The normalized spacial score (nSPS) is 14.0. The molecule has 8 heteroatoms. The Morgan fingerprint density at radius 2 is 1.84 bits per heavy atom. The van der Waals surface area contributed by atoms with Gasteiger partial charge in [-0.2, -0.15) is 5.10 Å². The monoisotopic (exact) mass is 434 g/mol. The number of amides is 2. The van der Waals surface area contributed by atoms with Gasteiger partial charge in [0.2, 0.25) is 11.8 Å². The van der Waals surface area contributed by atoms with Gasteiger partial charge in [-0.15, -0.1) is 0 Å². The van der Waals surface area contributed by atoms with Crippen LogP contribution in [0, 0.1) is 20.8 Å². The molecule has 32 heavy (non-hydrogen) atoms. The SMILES string of the molecule is Cc1cc2nc(C)c(CCC(=O)Nc3cc(C(N)=O)ccc3N3CCCCC3)c(C)n2n1. The number of hydrogen-bond donors (Lipinski definition) is 2. The molecule has 1 saturated heterocycles. The van der Waals surface area contributed by atoms with Crippen LogP contribution in [-0.4, -0.2) is 39.5 Å². The molecule has 0 spiro atoms. The van der Waals surface area contributed by atoms with Gasteiger partial charge in [0.05, 0.1) is 17.1 Å². The van der Waals surface area contributed by atoms with Crippen molar-refractivity contribution in [2.75, 3.05) is 23.3 Å². The van der Waals surface area contributed by atoms with Gasteiger partial charge in [-0.05, 0) is 70.2 Å². The molecule has 4 rings (SSSR count). The number of piperidine rings is 1. The largest absolute Gasteiger partial charge is 0.370 e. The maximum atomic E-state index is 12.9. The molecule has 1 aliphatic rings. The highest BCUT2D eigenvalue weighted by Crippen LogP contribution is 2.30. The summed E-state index contributed by atoms with van der Waals surface area (Å²) in [5.41, 5.74) is 12.1. The van der Waals surface area contributed by atoms with Crippen LogP contribution in [0.15, 0.2) is 24.3 Å². The number of carbonyl (C=O) groups is 2. The van der Waals surface area contributed by atoms with E-state index in [-0.39, 0.29) is 5.91 Å². The van der Waals surface area contributed by atoms with Gasteiger partial charge in [0, 0.05) is 42.5 Å². The molecule has 168 valence electrons. The maximum Gasteiger partial charge on any atom is 0.248 e. The Balaban J connectivity index is 1.53. The smallest absolute Gasteiger partial charge is 0.248 e. The van der Waals surface area contributed by atoms with E-state index >= 15 is 0 Å². The van der Waals surface area contributed by atoms with Gasteiger partial charge < -0.3 is 16.0 Å². The van der Waals surface area contributed by atoms with Crippen molar-refractivity contribution >= 4 is 28.8 Å². The number of aromatic nitrogens is 3. The number of aryl methyl sites for hydroxylation is 3. The predicted octanol–water partition coefficient (Wildman–Crippen LogP) is 3.32. The third kappa shape index (κ3) is 4.44. The third-order valence-corrected chi connectivity index (χ3v) is 6.14. The van der Waals surface area contributed by atoms with Crippen LogP contribution < -0.4 is 16.0 Å². The van der Waals surface area contributed by atoms with Gasteiger partial charge in [0.15, 0.2) is 5.65 Å². The molecule has 0 saturated carbocycles. The minimum atomic E-state index is -0.508. The van der Waals surface area contributed by atoms with Crippen LogP contribution >= 0.6 is 0 Å². The Kier molecular flexibility index (Phi) is 6.12. The molecule has 3 heterocycles. The second kappa shape index (κ2) is 8.98. The van der Waals surface area contributed by atoms with Gasteiger partial charge in [0.1, 0.15) is 0 Å². The molecule has 0 radical (unpaired) electrons. The van der Waals surface area contributed by atoms with Crippen LogP contribution in [0.3, 0.4) is 0 Å². The molecular formula is C24H30N6O2. The number of primary amides is 1. The van der Waals surface area contributed by atoms with Crippen molar-refractivity contribution in [3.8, 4) is 0 Å². The van der Waals surface area contributed by atoms with Crippen LogP contribution in [0.4, 0.5) is 11.4 Å². The molecule has 2 aromatic heterocycles. The third-order valence-electron chi connectivity index (χ3n) is 6.14. The standard InChI is InChI=1S/C24H30N6O2/c1-15-13-22-26-16(2)19(17(3)30(22)28-15)8-10-23(31)27-20-14-18(24(25)32)7-9-21(20)29-11-5-4-6-12-29/h7,9,13-14H,4-6,8,10-12H2,1-3H3,(H2,25,32)(H,27,31). The summed E-state index contributed by atoms with van der Waals surface area (Å²) in [6.07, 6.45) is 4.30. The van der Waals surface area contributed by atoms with Crippen molar-refractivity contribution in [3.05, 3.63) is 52.5 Å². The first kappa shape index (κ1) is 21.8. The molecule has 0 unspecified atom stereocenters. The average molecular weight is 435 g/mol. The highest BCUT2D eigenvalue weighted by atomic mass is 16.2. The number of hydrogen-bond acceptors (Lipinski definition) is 5. The molecule has 8 nitrogen and oxygen atoms in total. The van der Waals surface area contributed by atoms with Crippen LogP contribution in [0.5, 0.6) is 0 Å². The van der Waals surface area contributed by atoms with E-state index < -0.39 is 5.91 Å². The summed E-state index contributed by atoms with van der Waals surface area (Å²) in [5, 5.41) is 7.53. The number of benzene rings is 1. The Morgan fingerprint density at radius 1 is 1.09 bits per heavy atom. The van der Waals surface area contributed by atoms with E-state index in [0.29, 0.717) is 24.1 Å². The first-order valence-corrected chi connectivity index (χ1v) is 11.1. The minimum absolute atomic E-state index is 0.111. The maximum absolute atomic E-state index is 12.9. The summed E-state index contributed by atoms with van der Waals surface area (Å²) in [6.45, 7) is 7.79. The van der Waals surface area contributed by atoms with Gasteiger partial charge in [-0.3, -0.25) is 9.59 Å². The topological polar surface area (TPSA) is 106 Å². The highest BCUT2D eigenvalue weighted by Gasteiger charge is 2.18. The summed E-state index contributed by atoms with van der Waals surface area (Å²) in [4.78, 5) is 31.5. The van der Waals surface area contributed by atoms with E-state index in [2.05, 4.69) is 20.3 Å². The molecular weight excluding hydrogens is 404 g/mol. The zero-order valence-corrected chi connectivity index (χ0v) is 18.9. The van der Waals surface area contributed by atoms with Crippen molar-refractivity contribution in [2.45, 2.75) is 52.9 Å². The average Bonchev–Trinajstić information content (AvgIpc) is 3.14. The quantitative estimate of drug-likeness (QED) is 0.619. The van der Waals surface area contributed by atoms with Crippen LogP contribution in [0.25, 0.3) is 5.65 Å². The lowest BCUT2D eigenvalue weighted by atomic mass is 10.1. The summed E-state index contributed by atoms with van der Waals surface area (Å²) < 4.78 is 1.83. The molecule has 1 aromatic carbocycles. The van der Waals surface area contributed by atoms with Gasteiger partial charge >= 0.3 is 0 Å². The number of nitrogens with zero attached hydrogens (tertiary/aromatic N) is 4. The molecule has 3 aromatic rings. The number of nitrogens with two attached hydrogens (primary N) is 1. The molecule has 1 aliphatic heterocycles. The second-order valence-corrected chi connectivity index (χ2v) is 8.51. The zero-order chi connectivity index (χ0) is 22.8. The Morgan fingerprint density at radius 3 is 2.56 bits per heavy atom. The number of anilines is 2. The first-order valence-electron chi connectivity index (χ1n) is 11.1. The van der Waals surface area contributed by atoms with Crippen molar-refractivity contribution in [1.82, 2.24) is 14.6 Å². The molecule has 0 bridgehead atoms. The highest BCUT2D eigenvalue weighted by molar-refractivity contribution is 5.99. The Hall–Kier alpha value is -3.42. The number of nitrogens with one attached hydrogen (secondary N) is 1. The molecule has 0 atom stereocenters. The molecule has 1 fully saturated rings. The van der Waals surface area contributed by atoms with E-state index in [4.69, 9.17) is 5.73 Å². The van der Waals surface area contributed by atoms with Crippen molar-refractivity contribution in [1.29, 1.82) is 0 Å². The van der Waals surface area contributed by atoms with E-state index in [0.717, 1.165) is 59.9 Å². The Bertz CT molecular complexity index is 1180. The van der Waals surface area contributed by atoms with Gasteiger partial charge in [0.25, 0.3) is 0 Å². The number of rotatable bonds is 6. The molecule has 0 aliphatic carbocycles. The second-order valence-electron chi connectivity index (χ2n) is 8.51. The Labute approximate surface area is 187 Å². The van der Waals surface area contributed by atoms with E-state index in [1.54, 1.807) is 12.1 Å². The number of carbonyl (C=O) groups excluding carboxylic acids is 2. The van der Waals surface area contributed by atoms with Crippen molar-refractivity contribution in [2.24, 2.45) is 5.73 Å². The summed E-state index contributed by atoms with van der Waals surface area (Å²) in [6, 6.07) is 7.24. The van der Waals surface area contributed by atoms with Gasteiger partial charge in [-0.25, -0.2) is 9.50 Å². The predicted molar refractivity (Wildman–Crippen MR) is 125 cm³/mol.